The molecule has 0 radical (unpaired) electrons. The second-order valence-corrected chi connectivity index (χ2v) is 17.2. The van der Waals surface area contributed by atoms with Crippen LogP contribution in [0.2, 0.25) is 0 Å². The number of aliphatic hydroxyl groups is 3. The molecule has 3 N–H and O–H groups in total. The molecule has 0 unspecified atom stereocenters. The molecule has 3 aliphatic rings. The monoisotopic (exact) mass is 789 g/mol. The van der Waals surface area contributed by atoms with Crippen molar-refractivity contribution in [2.45, 2.75) is 186 Å². The summed E-state index contributed by atoms with van der Waals surface area (Å²) in [5.41, 5.74) is -4.32. The lowest BCUT2D eigenvalue weighted by Gasteiger charge is -2.50. The van der Waals surface area contributed by atoms with Gasteiger partial charge >= 0.3 is 11.9 Å². The lowest BCUT2D eigenvalue weighted by Crippen LogP contribution is -2.62. The van der Waals surface area contributed by atoms with E-state index < -0.39 is 108 Å². The van der Waals surface area contributed by atoms with Crippen LogP contribution in [0.3, 0.4) is 0 Å². The molecule has 0 aliphatic carbocycles. The minimum atomic E-state index is -1.98. The minimum Gasteiger partial charge on any atom is -0.459 e. The van der Waals surface area contributed by atoms with Crippen LogP contribution in [0.5, 0.6) is 0 Å². The first-order valence-corrected chi connectivity index (χ1v) is 19.8. The van der Waals surface area contributed by atoms with E-state index in [1.54, 1.807) is 48.5 Å². The van der Waals surface area contributed by atoms with Crippen LogP contribution in [0.4, 0.5) is 0 Å². The van der Waals surface area contributed by atoms with Crippen molar-refractivity contribution in [1.29, 1.82) is 0 Å². The number of ether oxygens (including phenoxy) is 8. The quantitative estimate of drug-likeness (QED) is 0.289. The van der Waals surface area contributed by atoms with Gasteiger partial charge in [-0.2, -0.15) is 0 Å². The molecule has 0 amide bonds. The summed E-state index contributed by atoms with van der Waals surface area (Å²) in [6.07, 6.45) is -8.82. The predicted octanol–water partition coefficient (Wildman–Crippen LogP) is 3.01. The largest absolute Gasteiger partial charge is 0.459 e. The maximum Gasteiger partial charge on any atom is 0.311 e. The molecule has 0 saturated carbocycles. The van der Waals surface area contributed by atoms with Gasteiger partial charge in [0.15, 0.2) is 18.7 Å². The number of cyclic esters (lactones) is 1. The van der Waals surface area contributed by atoms with Gasteiger partial charge in [0.1, 0.15) is 23.6 Å². The highest BCUT2D eigenvalue weighted by Crippen LogP contribution is 2.42. The van der Waals surface area contributed by atoms with Gasteiger partial charge in [-0.05, 0) is 74.9 Å². The van der Waals surface area contributed by atoms with Gasteiger partial charge in [-0.3, -0.25) is 14.4 Å². The van der Waals surface area contributed by atoms with Crippen LogP contribution in [0, 0.1) is 23.7 Å². The third kappa shape index (κ3) is 10.5. The number of likely N-dealkylation sites (N-methyl/N-ethyl adjacent to an activating group) is 1. The number of ketones is 1. The Morgan fingerprint density at radius 2 is 1.47 bits per heavy atom. The number of carbonyl (C=O) groups is 3. The molecule has 15 heteroatoms. The maximum atomic E-state index is 14.3. The normalized spacial score (nSPS) is 46.9. The number of esters is 2. The summed E-state index contributed by atoms with van der Waals surface area (Å²) in [7, 11) is 6.77. The van der Waals surface area contributed by atoms with Crippen molar-refractivity contribution in [1.82, 2.24) is 4.90 Å². The summed E-state index contributed by atoms with van der Waals surface area (Å²) in [6, 6.07) is -0.280. The molecule has 0 aromatic rings. The summed E-state index contributed by atoms with van der Waals surface area (Å²) in [6.45, 7) is 18.3. The average Bonchev–Trinajstić information content (AvgIpc) is 3.12. The molecule has 3 heterocycles. The molecule has 3 rings (SSSR count). The Morgan fingerprint density at radius 3 is 2.00 bits per heavy atom. The topological polar surface area (TPSA) is 189 Å². The van der Waals surface area contributed by atoms with Crippen molar-refractivity contribution in [2.24, 2.45) is 23.7 Å². The van der Waals surface area contributed by atoms with Crippen LogP contribution < -0.4 is 0 Å². The molecular weight excluding hydrogens is 718 g/mol. The molecule has 3 saturated heterocycles. The van der Waals surface area contributed by atoms with Crippen LogP contribution in [0.25, 0.3) is 0 Å². The standard InChI is InChI=1S/C40H71NO14/c1-16-28-40(11,47)33(44)22(4)30(43)20(2)18-39(10,49-15)35(55-37-32(52-26(8)42)27(41(12)13)17-21(3)50-37)23(5)31(24(6)36(46)53-28)54-29-19-38(9,48-14)34(45)25(7)51-29/h20-25,27-29,31-35,37,44-45,47H,16-19H2,1-15H3/t20-,21-,22+,23+,24-,25+,27+,28-,29+,31+,32-,33-,34+,35-,37+,38-,39+,40-/m1/s1. The summed E-state index contributed by atoms with van der Waals surface area (Å²) >= 11 is 0. The fourth-order valence-corrected chi connectivity index (χ4v) is 8.89. The highest BCUT2D eigenvalue weighted by Gasteiger charge is 2.54. The van der Waals surface area contributed by atoms with Crippen molar-refractivity contribution in [3.8, 4) is 0 Å². The molecule has 0 aromatic heterocycles. The summed E-state index contributed by atoms with van der Waals surface area (Å²) in [5.74, 6) is -5.13. The zero-order valence-electron chi connectivity index (χ0n) is 35.8. The Balaban J connectivity index is 2.27. The molecule has 0 aromatic carbocycles. The molecule has 15 nitrogen and oxygen atoms in total. The van der Waals surface area contributed by atoms with Gasteiger partial charge in [0.2, 0.25) is 0 Å². The number of methoxy groups -OCH3 is 2. The SMILES string of the molecule is CC[C@H]1OC(=O)[C@H](C)[C@@H](O[C@H]2C[C@@](C)(OC)[C@@H](O)[C@H](C)O2)[C@H](C)[C@@H](O[C@@H]2O[C@H](C)C[C@H](N(C)C)[C@H]2OC(C)=O)[C@@](C)(OC)C[C@@H](C)C(=O)[C@H](C)[C@@H](O)[C@]1(C)O. The van der Waals surface area contributed by atoms with Crippen LogP contribution >= 0.6 is 0 Å². The second kappa shape index (κ2) is 18.9. The molecule has 3 aliphatic heterocycles. The van der Waals surface area contributed by atoms with Gasteiger partial charge < -0.3 is 58.1 Å². The Morgan fingerprint density at radius 1 is 0.873 bits per heavy atom. The lowest BCUT2D eigenvalue weighted by molar-refractivity contribution is -0.320. The van der Waals surface area contributed by atoms with Crippen molar-refractivity contribution in [2.75, 3.05) is 28.3 Å². The molecule has 320 valence electrons. The van der Waals surface area contributed by atoms with Crippen LogP contribution in [-0.2, 0) is 52.3 Å². The highest BCUT2D eigenvalue weighted by molar-refractivity contribution is 5.83. The third-order valence-corrected chi connectivity index (χ3v) is 12.5. The molecule has 18 atom stereocenters. The van der Waals surface area contributed by atoms with Gasteiger partial charge in [-0.1, -0.05) is 27.7 Å². The Labute approximate surface area is 327 Å². The van der Waals surface area contributed by atoms with Gasteiger partial charge in [-0.25, -0.2) is 0 Å². The van der Waals surface area contributed by atoms with Gasteiger partial charge in [0, 0.05) is 45.3 Å². The number of rotatable bonds is 9. The molecular formula is C40H71NO14. The van der Waals surface area contributed by atoms with Crippen LogP contribution in [-0.4, -0.2) is 151 Å². The van der Waals surface area contributed by atoms with E-state index in [-0.39, 0.29) is 37.2 Å². The van der Waals surface area contributed by atoms with E-state index in [1.807, 2.05) is 32.8 Å². The summed E-state index contributed by atoms with van der Waals surface area (Å²) in [5, 5.41) is 34.1. The molecule has 55 heavy (non-hydrogen) atoms. The van der Waals surface area contributed by atoms with Gasteiger partial charge in [0.05, 0.1) is 53.7 Å². The average molecular weight is 790 g/mol. The number of hydrogen-bond acceptors (Lipinski definition) is 15. The predicted molar refractivity (Wildman–Crippen MR) is 201 cm³/mol. The van der Waals surface area contributed by atoms with E-state index >= 15 is 0 Å². The third-order valence-electron chi connectivity index (χ3n) is 12.5. The van der Waals surface area contributed by atoms with E-state index in [0.29, 0.717) is 6.42 Å². The number of hydrogen-bond donors (Lipinski definition) is 3. The Bertz CT molecular complexity index is 1300. The summed E-state index contributed by atoms with van der Waals surface area (Å²) in [4.78, 5) is 42.8. The maximum absolute atomic E-state index is 14.3. The van der Waals surface area contributed by atoms with E-state index in [0.717, 1.165) is 0 Å². The second-order valence-electron chi connectivity index (χ2n) is 17.2. The first kappa shape index (κ1) is 47.6. The number of aliphatic hydroxyl groups excluding tert-OH is 2. The zero-order valence-corrected chi connectivity index (χ0v) is 35.8. The molecule has 0 bridgehead atoms. The van der Waals surface area contributed by atoms with Crippen molar-refractivity contribution >= 4 is 17.7 Å². The smallest absolute Gasteiger partial charge is 0.311 e. The van der Waals surface area contributed by atoms with E-state index in [4.69, 9.17) is 37.9 Å². The minimum absolute atomic E-state index is 0.0851. The molecule has 3 fully saturated rings. The van der Waals surface area contributed by atoms with Crippen molar-refractivity contribution in [3.05, 3.63) is 0 Å². The van der Waals surface area contributed by atoms with Crippen molar-refractivity contribution in [3.63, 3.8) is 0 Å². The van der Waals surface area contributed by atoms with E-state index in [2.05, 4.69) is 0 Å². The zero-order chi connectivity index (χ0) is 42.0. The van der Waals surface area contributed by atoms with Crippen LogP contribution in [0.1, 0.15) is 102 Å². The van der Waals surface area contributed by atoms with Gasteiger partial charge in [-0.15, -0.1) is 0 Å². The number of carbonyl (C=O) groups excluding carboxylic acids is 3. The Kier molecular flexibility index (Phi) is 16.3. The Hall–Kier alpha value is -1.79. The fraction of sp³-hybridized carbons (Fsp3) is 0.925. The summed E-state index contributed by atoms with van der Waals surface area (Å²) < 4.78 is 50.3. The first-order valence-electron chi connectivity index (χ1n) is 19.8. The fourth-order valence-electron chi connectivity index (χ4n) is 8.89. The van der Waals surface area contributed by atoms with Crippen molar-refractivity contribution < 1.29 is 67.6 Å². The number of Topliss-reactive ketones (excluding diaryl/α,β-unsaturated/α-hetero) is 1. The van der Waals surface area contributed by atoms with Gasteiger partial charge in [0.25, 0.3) is 0 Å². The number of nitrogens with zero attached hydrogens (tertiary/aromatic N) is 1. The van der Waals surface area contributed by atoms with Crippen LogP contribution in [0.15, 0.2) is 0 Å². The highest BCUT2D eigenvalue weighted by atomic mass is 16.7. The first-order chi connectivity index (χ1) is 25.4. The molecule has 0 spiro atoms. The van der Waals surface area contributed by atoms with E-state index in [1.165, 1.54) is 28.1 Å². The van der Waals surface area contributed by atoms with E-state index in [9.17, 15) is 29.7 Å². The lowest BCUT2D eigenvalue weighted by atomic mass is 9.74.